The quantitative estimate of drug-likeness (QED) is 0.768. The Morgan fingerprint density at radius 3 is 2.61 bits per heavy atom. The Kier molecular flexibility index (Phi) is 4.68. The molecule has 2 heterocycles. The van der Waals surface area contributed by atoms with Crippen molar-refractivity contribution in [2.45, 2.75) is 71.1 Å². The molecular formula is C14H23ClN2O. The van der Waals surface area contributed by atoms with Gasteiger partial charge in [-0.2, -0.15) is 5.10 Å². The summed E-state index contributed by atoms with van der Waals surface area (Å²) >= 11 is 6.06. The van der Waals surface area contributed by atoms with Crippen LogP contribution in [0.4, 0.5) is 0 Å². The minimum absolute atomic E-state index is 0.318. The maximum absolute atomic E-state index is 6.06. The third-order valence-electron chi connectivity index (χ3n) is 3.75. The van der Waals surface area contributed by atoms with Crippen LogP contribution in [0.25, 0.3) is 0 Å². The molecular weight excluding hydrogens is 248 g/mol. The maximum Gasteiger partial charge on any atom is 0.0775 e. The lowest BCUT2D eigenvalue weighted by Crippen LogP contribution is -2.19. The molecule has 2 rings (SSSR count). The normalized spacial score (nSPS) is 23.8. The Morgan fingerprint density at radius 2 is 2.11 bits per heavy atom. The number of ether oxygens (including phenoxy) is 1. The van der Waals surface area contributed by atoms with Gasteiger partial charge in [-0.25, -0.2) is 0 Å². The third-order valence-corrected chi connectivity index (χ3v) is 4.02. The molecule has 0 amide bonds. The Labute approximate surface area is 114 Å². The number of nitrogens with zero attached hydrogens (tertiary/aromatic N) is 2. The second kappa shape index (κ2) is 6.07. The maximum atomic E-state index is 6.06. The monoisotopic (exact) mass is 270 g/mol. The first kappa shape index (κ1) is 13.9. The van der Waals surface area contributed by atoms with Crippen molar-refractivity contribution in [2.24, 2.45) is 0 Å². The van der Waals surface area contributed by atoms with Crippen molar-refractivity contribution in [3.8, 4) is 0 Å². The first-order valence-corrected chi connectivity index (χ1v) is 7.51. The third kappa shape index (κ3) is 2.72. The van der Waals surface area contributed by atoms with Gasteiger partial charge in [-0.15, -0.1) is 11.6 Å². The lowest BCUT2D eigenvalue weighted by molar-refractivity contribution is 0.0431. The van der Waals surface area contributed by atoms with Crippen LogP contribution in [0.2, 0.25) is 0 Å². The van der Waals surface area contributed by atoms with Crippen LogP contribution in [0.5, 0.6) is 0 Å². The molecule has 0 bridgehead atoms. The van der Waals surface area contributed by atoms with Crippen molar-refractivity contribution in [1.82, 2.24) is 9.78 Å². The highest BCUT2D eigenvalue weighted by molar-refractivity contribution is 6.17. The van der Waals surface area contributed by atoms with Gasteiger partial charge in [0.15, 0.2) is 0 Å². The molecule has 2 atom stereocenters. The summed E-state index contributed by atoms with van der Waals surface area (Å²) in [4.78, 5) is 0. The SMILES string of the molecule is CCc1nn(CC2CCC(C)O2)c(CC)c1CCl. The van der Waals surface area contributed by atoms with E-state index in [-0.39, 0.29) is 0 Å². The largest absolute Gasteiger partial charge is 0.373 e. The van der Waals surface area contributed by atoms with E-state index in [1.54, 1.807) is 0 Å². The molecule has 1 saturated heterocycles. The van der Waals surface area contributed by atoms with Crippen LogP contribution in [-0.2, 0) is 30.0 Å². The smallest absolute Gasteiger partial charge is 0.0775 e. The molecule has 0 aliphatic carbocycles. The van der Waals surface area contributed by atoms with E-state index in [4.69, 9.17) is 21.4 Å². The molecule has 1 fully saturated rings. The summed E-state index contributed by atoms with van der Waals surface area (Å²) in [5, 5.41) is 4.71. The minimum Gasteiger partial charge on any atom is -0.373 e. The highest BCUT2D eigenvalue weighted by Crippen LogP contribution is 2.23. The van der Waals surface area contributed by atoms with Gasteiger partial charge in [-0.3, -0.25) is 4.68 Å². The fourth-order valence-corrected chi connectivity index (χ4v) is 3.09. The average molecular weight is 271 g/mol. The molecule has 0 aromatic carbocycles. The number of rotatable bonds is 5. The molecule has 18 heavy (non-hydrogen) atoms. The molecule has 0 saturated carbocycles. The summed E-state index contributed by atoms with van der Waals surface area (Å²) in [5.41, 5.74) is 3.66. The summed E-state index contributed by atoms with van der Waals surface area (Å²) in [6.07, 6.45) is 4.95. The zero-order valence-corrected chi connectivity index (χ0v) is 12.3. The Hall–Kier alpha value is -0.540. The number of aryl methyl sites for hydroxylation is 1. The van der Waals surface area contributed by atoms with Crippen molar-refractivity contribution in [2.75, 3.05) is 0 Å². The van der Waals surface area contributed by atoms with Gasteiger partial charge < -0.3 is 4.74 Å². The van der Waals surface area contributed by atoms with E-state index in [0.717, 1.165) is 37.9 Å². The predicted molar refractivity (Wildman–Crippen MR) is 74.1 cm³/mol. The molecule has 102 valence electrons. The zero-order chi connectivity index (χ0) is 13.1. The number of hydrogen-bond donors (Lipinski definition) is 0. The molecule has 2 unspecified atom stereocenters. The van der Waals surface area contributed by atoms with Gasteiger partial charge in [0.05, 0.1) is 30.3 Å². The standard InChI is InChI=1S/C14H23ClN2O/c1-4-13-12(8-15)14(5-2)17(16-13)9-11-7-6-10(3)18-11/h10-11H,4-9H2,1-3H3. The van der Waals surface area contributed by atoms with E-state index in [9.17, 15) is 0 Å². The Morgan fingerprint density at radius 1 is 1.33 bits per heavy atom. The van der Waals surface area contributed by atoms with Crippen LogP contribution >= 0.6 is 11.6 Å². The van der Waals surface area contributed by atoms with E-state index >= 15 is 0 Å². The fraction of sp³-hybridized carbons (Fsp3) is 0.786. The second-order valence-electron chi connectivity index (χ2n) is 5.04. The Balaban J connectivity index is 2.18. The zero-order valence-electron chi connectivity index (χ0n) is 11.6. The molecule has 0 radical (unpaired) electrons. The summed E-state index contributed by atoms with van der Waals surface area (Å²) in [6, 6.07) is 0. The van der Waals surface area contributed by atoms with Crippen LogP contribution < -0.4 is 0 Å². The highest BCUT2D eigenvalue weighted by Gasteiger charge is 2.24. The van der Waals surface area contributed by atoms with Gasteiger partial charge in [0.25, 0.3) is 0 Å². The summed E-state index contributed by atoms with van der Waals surface area (Å²) < 4.78 is 8.01. The van der Waals surface area contributed by atoms with E-state index in [2.05, 4.69) is 25.5 Å². The highest BCUT2D eigenvalue weighted by atomic mass is 35.5. The summed E-state index contributed by atoms with van der Waals surface area (Å²) in [7, 11) is 0. The van der Waals surface area contributed by atoms with Crippen molar-refractivity contribution in [3.63, 3.8) is 0 Å². The van der Waals surface area contributed by atoms with Gasteiger partial charge in [-0.1, -0.05) is 13.8 Å². The lowest BCUT2D eigenvalue weighted by atomic mass is 10.1. The predicted octanol–water partition coefficient (Wildman–Crippen LogP) is 3.31. The average Bonchev–Trinajstić information content (AvgIpc) is 2.92. The number of alkyl halides is 1. The van der Waals surface area contributed by atoms with E-state index in [1.165, 1.54) is 11.3 Å². The fourth-order valence-electron chi connectivity index (χ4n) is 2.79. The summed E-state index contributed by atoms with van der Waals surface area (Å²) in [6.45, 7) is 7.32. The molecule has 3 nitrogen and oxygen atoms in total. The first-order chi connectivity index (χ1) is 8.69. The van der Waals surface area contributed by atoms with Crippen molar-refractivity contribution in [1.29, 1.82) is 0 Å². The van der Waals surface area contributed by atoms with Gasteiger partial charge in [0.1, 0.15) is 0 Å². The van der Waals surface area contributed by atoms with Crippen LogP contribution in [0.3, 0.4) is 0 Å². The van der Waals surface area contributed by atoms with Gasteiger partial charge in [0.2, 0.25) is 0 Å². The van der Waals surface area contributed by atoms with Crippen molar-refractivity contribution in [3.05, 3.63) is 17.0 Å². The van der Waals surface area contributed by atoms with Crippen LogP contribution in [0, 0.1) is 0 Å². The van der Waals surface area contributed by atoms with Crippen molar-refractivity contribution >= 4 is 11.6 Å². The van der Waals surface area contributed by atoms with Gasteiger partial charge in [-0.05, 0) is 32.6 Å². The minimum atomic E-state index is 0.318. The van der Waals surface area contributed by atoms with Crippen LogP contribution in [0.15, 0.2) is 0 Å². The van der Waals surface area contributed by atoms with E-state index in [0.29, 0.717) is 18.1 Å². The first-order valence-electron chi connectivity index (χ1n) is 6.98. The Bertz CT molecular complexity index is 403. The van der Waals surface area contributed by atoms with E-state index < -0.39 is 0 Å². The molecule has 0 spiro atoms. The van der Waals surface area contributed by atoms with Gasteiger partial charge >= 0.3 is 0 Å². The number of hydrogen-bond acceptors (Lipinski definition) is 2. The van der Waals surface area contributed by atoms with E-state index in [1.807, 2.05) is 0 Å². The topological polar surface area (TPSA) is 27.1 Å². The lowest BCUT2D eigenvalue weighted by Gasteiger charge is -2.13. The molecule has 1 aliphatic rings. The van der Waals surface area contributed by atoms with Gasteiger partial charge in [0, 0.05) is 11.3 Å². The van der Waals surface area contributed by atoms with Crippen molar-refractivity contribution < 1.29 is 4.74 Å². The van der Waals surface area contributed by atoms with Crippen LogP contribution in [-0.4, -0.2) is 22.0 Å². The molecule has 0 N–H and O–H groups in total. The molecule has 1 aromatic heterocycles. The second-order valence-corrected chi connectivity index (χ2v) is 5.31. The summed E-state index contributed by atoms with van der Waals surface area (Å²) in [5.74, 6) is 0.564. The van der Waals surface area contributed by atoms with Crippen LogP contribution in [0.1, 0.15) is 50.6 Å². The molecule has 1 aliphatic heterocycles. The molecule has 1 aromatic rings. The molecule has 4 heteroatoms. The number of halogens is 1. The number of aromatic nitrogens is 2.